The van der Waals surface area contributed by atoms with Crippen LogP contribution >= 0.6 is 11.3 Å². The van der Waals surface area contributed by atoms with E-state index in [0.717, 1.165) is 10.6 Å². The molecule has 0 aliphatic carbocycles. The summed E-state index contributed by atoms with van der Waals surface area (Å²) in [4.78, 5) is 25.5. The second kappa shape index (κ2) is 5.71. The topological polar surface area (TPSA) is 84.8 Å². The second-order valence-electron chi connectivity index (χ2n) is 4.08. The lowest BCUT2D eigenvalue weighted by Crippen LogP contribution is -2.27. The number of hydrogen-bond acceptors (Lipinski definition) is 7. The molecule has 1 amide bonds. The maximum absolute atomic E-state index is 12.2. The number of hydrogen-bond donors (Lipinski definition) is 0. The Morgan fingerprint density at radius 3 is 2.62 bits per heavy atom. The van der Waals surface area contributed by atoms with Gasteiger partial charge < -0.3 is 0 Å². The van der Waals surface area contributed by atoms with Crippen LogP contribution in [0.5, 0.6) is 0 Å². The molecule has 3 heterocycles. The van der Waals surface area contributed by atoms with Gasteiger partial charge >= 0.3 is 0 Å². The third-order valence-corrected chi connectivity index (χ3v) is 3.76. The number of carbonyl (C=O) groups excluding carboxylic acids is 1. The van der Waals surface area contributed by atoms with Crippen LogP contribution in [0.3, 0.4) is 0 Å². The lowest BCUT2D eigenvalue weighted by atomic mass is 10.3. The van der Waals surface area contributed by atoms with E-state index in [2.05, 4.69) is 25.1 Å². The Morgan fingerprint density at radius 2 is 1.90 bits per heavy atom. The molecule has 0 bridgehead atoms. The van der Waals surface area contributed by atoms with Crippen LogP contribution in [-0.4, -0.2) is 38.1 Å². The van der Waals surface area contributed by atoms with Gasteiger partial charge in [0.05, 0.1) is 6.20 Å². The van der Waals surface area contributed by atoms with Crippen molar-refractivity contribution in [2.24, 2.45) is 0 Å². The van der Waals surface area contributed by atoms with E-state index >= 15 is 0 Å². The van der Waals surface area contributed by atoms with Gasteiger partial charge in [0, 0.05) is 37.4 Å². The van der Waals surface area contributed by atoms with Gasteiger partial charge in [0.15, 0.2) is 0 Å². The Balaban J connectivity index is 1.85. The number of aromatic nitrogens is 5. The van der Waals surface area contributed by atoms with Gasteiger partial charge in [-0.15, -0.1) is 10.2 Å². The maximum Gasteiger partial charge on any atom is 0.280 e. The number of nitrogens with zero attached hydrogens (tertiary/aromatic N) is 6. The predicted molar refractivity (Wildman–Crippen MR) is 77.9 cm³/mol. The Morgan fingerprint density at radius 1 is 1.10 bits per heavy atom. The quantitative estimate of drug-likeness (QED) is 0.731. The molecule has 0 atom stereocenters. The summed E-state index contributed by atoms with van der Waals surface area (Å²) in [6, 6.07) is 3.68. The highest BCUT2D eigenvalue weighted by Crippen LogP contribution is 2.28. The highest BCUT2D eigenvalue weighted by Gasteiger charge is 2.19. The van der Waals surface area contributed by atoms with Crippen LogP contribution in [0.2, 0.25) is 0 Å². The number of amides is 1. The molecule has 0 aliphatic heterocycles. The van der Waals surface area contributed by atoms with E-state index in [0.29, 0.717) is 5.13 Å². The van der Waals surface area contributed by atoms with Crippen molar-refractivity contribution < 1.29 is 4.79 Å². The van der Waals surface area contributed by atoms with E-state index in [1.165, 1.54) is 34.8 Å². The molecule has 0 saturated carbocycles. The molecular weight excluding hydrogens is 288 g/mol. The molecule has 8 heteroatoms. The molecule has 3 rings (SSSR count). The van der Waals surface area contributed by atoms with Crippen molar-refractivity contribution in [1.82, 2.24) is 25.1 Å². The molecule has 104 valence electrons. The molecule has 0 spiro atoms. The predicted octanol–water partition coefficient (Wildman–Crippen LogP) is 1.67. The molecule has 0 saturated heterocycles. The summed E-state index contributed by atoms with van der Waals surface area (Å²) in [6.07, 6.45) is 7.78. The minimum atomic E-state index is -0.277. The first-order chi connectivity index (χ1) is 10.3. The van der Waals surface area contributed by atoms with Crippen LogP contribution in [-0.2, 0) is 0 Å². The number of anilines is 1. The van der Waals surface area contributed by atoms with E-state index in [1.54, 1.807) is 19.4 Å². The Labute approximate surface area is 124 Å². The largest absolute Gasteiger partial charge is 0.284 e. The van der Waals surface area contributed by atoms with Gasteiger partial charge in [-0.05, 0) is 12.1 Å². The Hall–Kier alpha value is -2.74. The minimum Gasteiger partial charge on any atom is -0.284 e. The van der Waals surface area contributed by atoms with E-state index in [-0.39, 0.29) is 11.6 Å². The molecular formula is C13H10N6OS. The zero-order chi connectivity index (χ0) is 14.7. The van der Waals surface area contributed by atoms with Crippen LogP contribution in [0.15, 0.2) is 43.1 Å². The fourth-order valence-electron chi connectivity index (χ4n) is 1.63. The highest BCUT2D eigenvalue weighted by atomic mass is 32.1. The molecule has 0 N–H and O–H groups in total. The Bertz CT molecular complexity index is 746. The van der Waals surface area contributed by atoms with Crippen molar-refractivity contribution in [2.45, 2.75) is 0 Å². The minimum absolute atomic E-state index is 0.265. The third-order valence-electron chi connectivity index (χ3n) is 2.72. The fourth-order valence-corrected chi connectivity index (χ4v) is 2.44. The zero-order valence-corrected chi connectivity index (χ0v) is 11.9. The van der Waals surface area contributed by atoms with Gasteiger partial charge in [0.25, 0.3) is 5.91 Å². The summed E-state index contributed by atoms with van der Waals surface area (Å²) in [5, 5.41) is 9.36. The zero-order valence-electron chi connectivity index (χ0n) is 11.0. The summed E-state index contributed by atoms with van der Waals surface area (Å²) < 4.78 is 0. The number of rotatable bonds is 3. The van der Waals surface area contributed by atoms with Gasteiger partial charge in [0.2, 0.25) is 5.13 Å². The first kappa shape index (κ1) is 13.3. The first-order valence-electron chi connectivity index (χ1n) is 6.03. The first-order valence-corrected chi connectivity index (χ1v) is 6.85. The lowest BCUT2D eigenvalue weighted by molar-refractivity contribution is 0.0987. The van der Waals surface area contributed by atoms with Gasteiger partial charge in [-0.3, -0.25) is 19.7 Å². The number of carbonyl (C=O) groups is 1. The summed E-state index contributed by atoms with van der Waals surface area (Å²) in [5.41, 5.74) is 1.18. The van der Waals surface area contributed by atoms with Crippen molar-refractivity contribution in [3.05, 3.63) is 48.8 Å². The average Bonchev–Trinajstić information content (AvgIpc) is 3.05. The second-order valence-corrected chi connectivity index (χ2v) is 5.04. The summed E-state index contributed by atoms with van der Waals surface area (Å²) in [5.74, 6) is -0.277. The van der Waals surface area contributed by atoms with Crippen molar-refractivity contribution in [1.29, 1.82) is 0 Å². The molecule has 21 heavy (non-hydrogen) atoms. The van der Waals surface area contributed by atoms with Gasteiger partial charge in [-0.2, -0.15) is 0 Å². The smallest absolute Gasteiger partial charge is 0.280 e. The lowest BCUT2D eigenvalue weighted by Gasteiger charge is -2.11. The average molecular weight is 298 g/mol. The molecule has 0 unspecified atom stereocenters. The molecule has 0 aromatic carbocycles. The highest BCUT2D eigenvalue weighted by molar-refractivity contribution is 7.18. The van der Waals surface area contributed by atoms with Crippen LogP contribution in [0.1, 0.15) is 10.5 Å². The van der Waals surface area contributed by atoms with Gasteiger partial charge in [-0.25, -0.2) is 4.98 Å². The van der Waals surface area contributed by atoms with Crippen LogP contribution in [0, 0.1) is 0 Å². The van der Waals surface area contributed by atoms with E-state index in [9.17, 15) is 4.79 Å². The standard InChI is InChI=1S/C13H10N6OS/c1-19(12(20)10-8-15-6-7-16-10)13-18-17-11(21-13)9-2-4-14-5-3-9/h2-8H,1H3. The molecule has 0 fully saturated rings. The van der Waals surface area contributed by atoms with Crippen molar-refractivity contribution in [3.8, 4) is 10.6 Å². The van der Waals surface area contributed by atoms with Crippen molar-refractivity contribution >= 4 is 22.4 Å². The number of pyridine rings is 1. The monoisotopic (exact) mass is 298 g/mol. The molecule has 3 aromatic rings. The SMILES string of the molecule is CN(C(=O)c1cnccn1)c1nnc(-c2ccncc2)s1. The third kappa shape index (κ3) is 2.75. The van der Waals surface area contributed by atoms with Crippen molar-refractivity contribution in [3.63, 3.8) is 0 Å². The van der Waals surface area contributed by atoms with Crippen molar-refractivity contribution in [2.75, 3.05) is 11.9 Å². The molecule has 7 nitrogen and oxygen atoms in total. The summed E-state index contributed by atoms with van der Waals surface area (Å²) in [7, 11) is 1.63. The molecule has 0 aliphatic rings. The summed E-state index contributed by atoms with van der Waals surface area (Å²) >= 11 is 1.32. The van der Waals surface area contributed by atoms with Gasteiger partial charge in [-0.1, -0.05) is 11.3 Å². The Kier molecular flexibility index (Phi) is 3.61. The van der Waals surface area contributed by atoms with E-state index < -0.39 is 0 Å². The molecule has 3 aromatic heterocycles. The van der Waals surface area contributed by atoms with Crippen LogP contribution < -0.4 is 4.90 Å². The maximum atomic E-state index is 12.2. The molecule has 0 radical (unpaired) electrons. The fraction of sp³-hybridized carbons (Fsp3) is 0.0769. The van der Waals surface area contributed by atoms with Gasteiger partial charge in [0.1, 0.15) is 10.7 Å². The van der Waals surface area contributed by atoms with E-state index in [4.69, 9.17) is 0 Å². The van der Waals surface area contributed by atoms with Crippen LogP contribution in [0.4, 0.5) is 5.13 Å². The van der Waals surface area contributed by atoms with Crippen LogP contribution in [0.25, 0.3) is 10.6 Å². The summed E-state index contributed by atoms with van der Waals surface area (Å²) in [6.45, 7) is 0. The van der Waals surface area contributed by atoms with E-state index in [1.807, 2.05) is 12.1 Å². The normalized spacial score (nSPS) is 10.3.